The maximum absolute atomic E-state index is 6.04. The molecule has 2 atom stereocenters. The smallest absolute Gasteiger partial charge is 0.119 e. The van der Waals surface area contributed by atoms with E-state index in [1.165, 1.54) is 57.4 Å². The predicted molar refractivity (Wildman–Crippen MR) is 98.9 cm³/mol. The number of hydrogen-bond donors (Lipinski definition) is 1. The Bertz CT molecular complexity index is 464. The third kappa shape index (κ3) is 4.54. The Labute approximate surface area is 152 Å². The third-order valence-corrected chi connectivity index (χ3v) is 5.40. The monoisotopic (exact) mass is 358 g/mol. The highest BCUT2D eigenvalue weighted by Gasteiger charge is 2.35. The van der Waals surface area contributed by atoms with Crippen molar-refractivity contribution < 1.29 is 4.74 Å². The molecule has 3 fully saturated rings. The first-order valence-corrected chi connectivity index (χ1v) is 8.55. The molecular formula is C18H28Cl2N2O. The van der Waals surface area contributed by atoms with Crippen LogP contribution in [0.25, 0.3) is 0 Å². The van der Waals surface area contributed by atoms with Gasteiger partial charge in [-0.3, -0.25) is 4.90 Å². The normalized spacial score (nSPS) is 27.3. The lowest BCUT2D eigenvalue weighted by atomic mass is 10.0. The molecule has 1 aromatic carbocycles. The molecule has 130 valence electrons. The maximum Gasteiger partial charge on any atom is 0.119 e. The van der Waals surface area contributed by atoms with Crippen molar-refractivity contribution in [1.29, 1.82) is 0 Å². The van der Waals surface area contributed by atoms with E-state index >= 15 is 0 Å². The molecule has 0 unspecified atom stereocenters. The SMILES string of the molecule is Cl.Cl.c1cc(OC2CCCC2)ccc1CN1C[C@H]2CNC[C@H]2C1. The fourth-order valence-electron chi connectivity index (χ4n) is 4.21. The predicted octanol–water partition coefficient (Wildman–Crippen LogP) is 3.50. The lowest BCUT2D eigenvalue weighted by molar-refractivity contribution is 0.210. The van der Waals surface area contributed by atoms with Gasteiger partial charge in [-0.15, -0.1) is 24.8 Å². The first-order chi connectivity index (χ1) is 10.4. The van der Waals surface area contributed by atoms with Crippen molar-refractivity contribution in [3.05, 3.63) is 29.8 Å². The fourth-order valence-corrected chi connectivity index (χ4v) is 4.21. The number of likely N-dealkylation sites (tertiary alicyclic amines) is 1. The Morgan fingerprint density at radius 1 is 0.957 bits per heavy atom. The molecule has 1 aromatic rings. The molecule has 5 heteroatoms. The van der Waals surface area contributed by atoms with Crippen molar-refractivity contribution in [2.45, 2.75) is 38.3 Å². The van der Waals surface area contributed by atoms with Gasteiger partial charge >= 0.3 is 0 Å². The Morgan fingerprint density at radius 3 is 2.17 bits per heavy atom. The van der Waals surface area contributed by atoms with E-state index in [1.807, 2.05) is 0 Å². The average Bonchev–Trinajstić information content (AvgIpc) is 3.18. The van der Waals surface area contributed by atoms with Crippen LogP contribution in [0.3, 0.4) is 0 Å². The maximum atomic E-state index is 6.04. The molecule has 0 amide bonds. The van der Waals surface area contributed by atoms with E-state index in [1.54, 1.807) is 0 Å². The number of halogens is 2. The van der Waals surface area contributed by atoms with Crippen molar-refractivity contribution in [2.75, 3.05) is 26.2 Å². The summed E-state index contributed by atoms with van der Waals surface area (Å²) in [5.74, 6) is 2.82. The van der Waals surface area contributed by atoms with Crippen LogP contribution < -0.4 is 10.1 Å². The molecule has 2 aliphatic heterocycles. The highest BCUT2D eigenvalue weighted by atomic mass is 35.5. The molecule has 1 aliphatic carbocycles. The molecule has 3 aliphatic rings. The summed E-state index contributed by atoms with van der Waals surface area (Å²) in [4.78, 5) is 2.61. The highest BCUT2D eigenvalue weighted by molar-refractivity contribution is 5.85. The summed E-state index contributed by atoms with van der Waals surface area (Å²) in [5, 5.41) is 3.51. The summed E-state index contributed by atoms with van der Waals surface area (Å²) in [6.07, 6.45) is 5.57. The van der Waals surface area contributed by atoms with Crippen LogP contribution in [0.5, 0.6) is 5.75 Å². The number of hydrogen-bond acceptors (Lipinski definition) is 3. The summed E-state index contributed by atoms with van der Waals surface area (Å²) in [7, 11) is 0. The Hall–Kier alpha value is -0.480. The Balaban J connectivity index is 0.000000960. The second kappa shape index (κ2) is 8.57. The molecule has 0 bridgehead atoms. The summed E-state index contributed by atoms with van der Waals surface area (Å²) >= 11 is 0. The van der Waals surface area contributed by atoms with Crippen LogP contribution in [-0.2, 0) is 6.54 Å². The van der Waals surface area contributed by atoms with Crippen LogP contribution in [0.15, 0.2) is 24.3 Å². The van der Waals surface area contributed by atoms with Gasteiger partial charge in [0.2, 0.25) is 0 Å². The summed E-state index contributed by atoms with van der Waals surface area (Å²) in [6.45, 7) is 6.05. The lowest BCUT2D eigenvalue weighted by Gasteiger charge is -2.18. The lowest BCUT2D eigenvalue weighted by Crippen LogP contribution is -2.25. The summed E-state index contributed by atoms with van der Waals surface area (Å²) in [5.41, 5.74) is 1.42. The van der Waals surface area contributed by atoms with Crippen LogP contribution in [-0.4, -0.2) is 37.2 Å². The molecule has 0 spiro atoms. The zero-order valence-electron chi connectivity index (χ0n) is 13.6. The molecule has 3 nitrogen and oxygen atoms in total. The van der Waals surface area contributed by atoms with Gasteiger partial charge in [0.15, 0.2) is 0 Å². The molecule has 4 rings (SSSR count). The van der Waals surface area contributed by atoms with Gasteiger partial charge in [0, 0.05) is 19.6 Å². The van der Waals surface area contributed by atoms with Crippen molar-refractivity contribution >= 4 is 24.8 Å². The van der Waals surface area contributed by atoms with Crippen molar-refractivity contribution in [3.8, 4) is 5.75 Å². The second-order valence-electron chi connectivity index (χ2n) is 7.04. The van der Waals surface area contributed by atoms with E-state index in [2.05, 4.69) is 34.5 Å². The van der Waals surface area contributed by atoms with E-state index in [4.69, 9.17) is 4.74 Å². The first kappa shape index (κ1) is 18.9. The van der Waals surface area contributed by atoms with Crippen LogP contribution in [0.4, 0.5) is 0 Å². The zero-order valence-corrected chi connectivity index (χ0v) is 15.2. The van der Waals surface area contributed by atoms with Gasteiger partial charge in [0.25, 0.3) is 0 Å². The largest absolute Gasteiger partial charge is 0.490 e. The van der Waals surface area contributed by atoms with Crippen LogP contribution in [0.1, 0.15) is 31.2 Å². The van der Waals surface area contributed by atoms with Gasteiger partial charge in [0.1, 0.15) is 5.75 Å². The topological polar surface area (TPSA) is 24.5 Å². The number of nitrogens with one attached hydrogen (secondary N) is 1. The number of nitrogens with zero attached hydrogens (tertiary/aromatic N) is 1. The minimum Gasteiger partial charge on any atom is -0.490 e. The Kier molecular flexibility index (Phi) is 7.02. The van der Waals surface area contributed by atoms with E-state index in [-0.39, 0.29) is 24.8 Å². The summed E-state index contributed by atoms with van der Waals surface area (Å²) < 4.78 is 6.04. The summed E-state index contributed by atoms with van der Waals surface area (Å²) in [6, 6.07) is 8.81. The van der Waals surface area contributed by atoms with E-state index < -0.39 is 0 Å². The van der Waals surface area contributed by atoms with Crippen molar-refractivity contribution in [2.24, 2.45) is 11.8 Å². The Morgan fingerprint density at radius 2 is 1.57 bits per heavy atom. The molecule has 1 N–H and O–H groups in total. The third-order valence-electron chi connectivity index (χ3n) is 5.40. The van der Waals surface area contributed by atoms with Gasteiger partial charge in [-0.1, -0.05) is 12.1 Å². The number of fused-ring (bicyclic) bond motifs is 1. The van der Waals surface area contributed by atoms with Crippen molar-refractivity contribution in [3.63, 3.8) is 0 Å². The highest BCUT2D eigenvalue weighted by Crippen LogP contribution is 2.28. The molecular weight excluding hydrogens is 331 g/mol. The van der Waals surface area contributed by atoms with Crippen molar-refractivity contribution in [1.82, 2.24) is 10.2 Å². The molecule has 23 heavy (non-hydrogen) atoms. The number of ether oxygens (including phenoxy) is 1. The van der Waals surface area contributed by atoms with Gasteiger partial charge in [-0.05, 0) is 68.3 Å². The minimum absolute atomic E-state index is 0. The molecule has 2 saturated heterocycles. The number of rotatable bonds is 4. The quantitative estimate of drug-likeness (QED) is 0.891. The molecule has 0 radical (unpaired) electrons. The minimum atomic E-state index is 0. The number of benzene rings is 1. The standard InChI is InChI=1S/C18H26N2O.2ClH/c1-2-4-17(3-1)21-18-7-5-14(6-8-18)11-20-12-15-9-19-10-16(15)13-20;;/h5-8,15-17,19H,1-4,9-13H2;2*1H/t15-,16+;;. The van der Waals surface area contributed by atoms with E-state index in [0.29, 0.717) is 6.10 Å². The van der Waals surface area contributed by atoms with E-state index in [9.17, 15) is 0 Å². The fraction of sp³-hybridized carbons (Fsp3) is 0.667. The second-order valence-corrected chi connectivity index (χ2v) is 7.04. The van der Waals surface area contributed by atoms with Gasteiger partial charge < -0.3 is 10.1 Å². The first-order valence-electron chi connectivity index (χ1n) is 8.55. The van der Waals surface area contributed by atoms with Gasteiger partial charge in [-0.2, -0.15) is 0 Å². The van der Waals surface area contributed by atoms with Crippen LogP contribution in [0.2, 0.25) is 0 Å². The van der Waals surface area contributed by atoms with Crippen LogP contribution in [0, 0.1) is 11.8 Å². The molecule has 2 heterocycles. The average molecular weight is 359 g/mol. The van der Waals surface area contributed by atoms with Gasteiger partial charge in [-0.25, -0.2) is 0 Å². The molecule has 0 aromatic heterocycles. The van der Waals surface area contributed by atoms with E-state index in [0.717, 1.165) is 24.1 Å². The zero-order chi connectivity index (χ0) is 14.1. The van der Waals surface area contributed by atoms with Crippen LogP contribution >= 0.6 is 24.8 Å². The molecule has 1 saturated carbocycles. The van der Waals surface area contributed by atoms with Gasteiger partial charge in [0.05, 0.1) is 6.10 Å².